The van der Waals surface area contributed by atoms with Crippen LogP contribution in [0.4, 0.5) is 5.69 Å². The van der Waals surface area contributed by atoms with Crippen molar-refractivity contribution >= 4 is 11.6 Å². The van der Waals surface area contributed by atoms with E-state index in [1.54, 1.807) is 0 Å². The Morgan fingerprint density at radius 2 is 2.14 bits per heavy atom. The van der Waals surface area contributed by atoms with E-state index in [2.05, 4.69) is 30.9 Å². The normalized spacial score (nSPS) is 19.5. The fourth-order valence-electron chi connectivity index (χ4n) is 3.29. The van der Waals surface area contributed by atoms with Gasteiger partial charge in [0.2, 0.25) is 5.91 Å². The topological polar surface area (TPSA) is 23.6 Å². The maximum atomic E-state index is 12.7. The quantitative estimate of drug-likeness (QED) is 0.826. The van der Waals surface area contributed by atoms with Gasteiger partial charge in [0.1, 0.15) is 0 Å². The maximum Gasteiger partial charge on any atom is 0.241 e. The zero-order valence-electron chi connectivity index (χ0n) is 13.6. The summed E-state index contributed by atoms with van der Waals surface area (Å²) in [5.74, 6) is 0.225. The van der Waals surface area contributed by atoms with Crippen LogP contribution < -0.4 is 4.90 Å². The van der Waals surface area contributed by atoms with Crippen LogP contribution >= 0.6 is 0 Å². The zero-order chi connectivity index (χ0) is 15.2. The zero-order valence-corrected chi connectivity index (χ0v) is 13.6. The molecular weight excluding hydrogens is 260 g/mol. The van der Waals surface area contributed by atoms with Gasteiger partial charge < -0.3 is 4.90 Å². The minimum atomic E-state index is 0.225. The summed E-state index contributed by atoms with van der Waals surface area (Å²) in [6.07, 6.45) is 4.91. The van der Waals surface area contributed by atoms with Gasteiger partial charge >= 0.3 is 0 Å². The first-order valence-electron chi connectivity index (χ1n) is 8.26. The molecule has 1 aliphatic heterocycles. The third-order valence-corrected chi connectivity index (χ3v) is 4.49. The molecule has 0 aliphatic carbocycles. The monoisotopic (exact) mass is 288 g/mol. The molecule has 1 aliphatic rings. The van der Waals surface area contributed by atoms with E-state index < -0.39 is 0 Å². The first kappa shape index (κ1) is 16.0. The lowest BCUT2D eigenvalue weighted by atomic mass is 10.00. The lowest BCUT2D eigenvalue weighted by Gasteiger charge is -2.36. The van der Waals surface area contributed by atoms with Crippen LogP contribution in [0.3, 0.4) is 0 Å². The number of nitrogens with zero attached hydrogens (tertiary/aromatic N) is 2. The average molecular weight is 288 g/mol. The highest BCUT2D eigenvalue weighted by Crippen LogP contribution is 2.21. The van der Waals surface area contributed by atoms with Crippen molar-refractivity contribution in [2.24, 2.45) is 0 Å². The van der Waals surface area contributed by atoms with Crippen molar-refractivity contribution in [1.82, 2.24) is 4.90 Å². The average Bonchev–Trinajstić information content (AvgIpc) is 2.48. The van der Waals surface area contributed by atoms with Gasteiger partial charge in [-0.25, -0.2) is 0 Å². The van der Waals surface area contributed by atoms with Gasteiger partial charge in [0.25, 0.3) is 0 Å². The lowest BCUT2D eigenvalue weighted by molar-refractivity contribution is -0.120. The largest absolute Gasteiger partial charge is 0.312 e. The Morgan fingerprint density at radius 1 is 1.33 bits per heavy atom. The molecule has 1 aromatic carbocycles. The molecule has 0 spiro atoms. The molecule has 1 heterocycles. The number of benzene rings is 1. The summed E-state index contributed by atoms with van der Waals surface area (Å²) in [6.45, 7) is 8.70. The second-order valence-corrected chi connectivity index (χ2v) is 6.01. The number of likely N-dealkylation sites (N-methyl/N-ethyl adjacent to an activating group) is 1. The van der Waals surface area contributed by atoms with Gasteiger partial charge in [-0.3, -0.25) is 9.69 Å². The predicted molar refractivity (Wildman–Crippen MR) is 88.7 cm³/mol. The maximum absolute atomic E-state index is 12.7. The molecule has 0 saturated carbocycles. The highest BCUT2D eigenvalue weighted by molar-refractivity contribution is 5.94. The van der Waals surface area contributed by atoms with Crippen molar-refractivity contribution in [2.45, 2.75) is 52.5 Å². The summed E-state index contributed by atoms with van der Waals surface area (Å²) >= 11 is 0. The molecule has 0 aromatic heterocycles. The molecule has 1 unspecified atom stereocenters. The molecular formula is C18H28N2O. The van der Waals surface area contributed by atoms with E-state index in [1.807, 2.05) is 24.0 Å². The number of carbonyl (C=O) groups excluding carboxylic acids is 1. The molecule has 0 bridgehead atoms. The standard InChI is InChI=1S/C18H28N2O/c1-4-16-10-6-7-12-19(16)14-18(21)20(5-2)17-11-8-9-15(3)13-17/h8-9,11,13,16H,4-7,10,12,14H2,1-3H3. The van der Waals surface area contributed by atoms with Crippen LogP contribution in [0.2, 0.25) is 0 Å². The summed E-state index contributed by atoms with van der Waals surface area (Å²) < 4.78 is 0. The fourth-order valence-corrected chi connectivity index (χ4v) is 3.29. The van der Waals surface area contributed by atoms with Crippen LogP contribution in [0.1, 0.15) is 45.1 Å². The van der Waals surface area contributed by atoms with Gasteiger partial charge in [-0.2, -0.15) is 0 Å². The summed E-state index contributed by atoms with van der Waals surface area (Å²) in [5, 5.41) is 0. The van der Waals surface area contributed by atoms with E-state index in [-0.39, 0.29) is 5.91 Å². The molecule has 3 nitrogen and oxygen atoms in total. The molecule has 1 aromatic rings. The van der Waals surface area contributed by atoms with Crippen molar-refractivity contribution in [2.75, 3.05) is 24.5 Å². The Balaban J connectivity index is 2.06. The lowest BCUT2D eigenvalue weighted by Crippen LogP contribution is -2.46. The Hall–Kier alpha value is -1.35. The van der Waals surface area contributed by atoms with Crippen molar-refractivity contribution in [3.8, 4) is 0 Å². The molecule has 0 N–H and O–H groups in total. The smallest absolute Gasteiger partial charge is 0.241 e. The van der Waals surface area contributed by atoms with Crippen LogP contribution in [0.5, 0.6) is 0 Å². The van der Waals surface area contributed by atoms with Crippen molar-refractivity contribution < 1.29 is 4.79 Å². The van der Waals surface area contributed by atoms with E-state index in [9.17, 15) is 4.79 Å². The minimum Gasteiger partial charge on any atom is -0.312 e. The first-order valence-corrected chi connectivity index (χ1v) is 8.26. The summed E-state index contributed by atoms with van der Waals surface area (Å²) in [6, 6.07) is 8.80. The molecule has 1 amide bonds. The fraction of sp³-hybridized carbons (Fsp3) is 0.611. The van der Waals surface area contributed by atoms with Crippen molar-refractivity contribution in [1.29, 1.82) is 0 Å². The van der Waals surface area contributed by atoms with E-state index in [1.165, 1.54) is 24.8 Å². The number of likely N-dealkylation sites (tertiary alicyclic amines) is 1. The predicted octanol–water partition coefficient (Wildman–Crippen LogP) is 3.61. The van der Waals surface area contributed by atoms with Crippen LogP contribution in [0, 0.1) is 6.92 Å². The number of carbonyl (C=O) groups is 1. The van der Waals surface area contributed by atoms with E-state index in [0.717, 1.165) is 25.2 Å². The molecule has 21 heavy (non-hydrogen) atoms. The Labute approximate surface area is 128 Å². The van der Waals surface area contributed by atoms with Gasteiger partial charge in [0.05, 0.1) is 6.54 Å². The van der Waals surface area contributed by atoms with Gasteiger partial charge in [0, 0.05) is 18.3 Å². The van der Waals surface area contributed by atoms with Gasteiger partial charge in [-0.1, -0.05) is 25.5 Å². The van der Waals surface area contributed by atoms with Crippen LogP contribution in [-0.4, -0.2) is 36.5 Å². The molecule has 1 atom stereocenters. The molecule has 3 heteroatoms. The van der Waals surface area contributed by atoms with Gasteiger partial charge in [0.15, 0.2) is 0 Å². The number of aryl methyl sites for hydroxylation is 1. The molecule has 1 saturated heterocycles. The third kappa shape index (κ3) is 4.07. The van der Waals surface area contributed by atoms with Crippen LogP contribution in [-0.2, 0) is 4.79 Å². The van der Waals surface area contributed by atoms with Crippen molar-refractivity contribution in [3.63, 3.8) is 0 Å². The number of anilines is 1. The minimum absolute atomic E-state index is 0.225. The Morgan fingerprint density at radius 3 is 2.81 bits per heavy atom. The molecule has 1 fully saturated rings. The number of piperidine rings is 1. The van der Waals surface area contributed by atoms with E-state index >= 15 is 0 Å². The Kier molecular flexibility index (Phi) is 5.80. The number of rotatable bonds is 5. The highest BCUT2D eigenvalue weighted by atomic mass is 16.2. The summed E-state index contributed by atoms with van der Waals surface area (Å²) in [5.41, 5.74) is 2.22. The molecule has 0 radical (unpaired) electrons. The number of hydrogen-bond donors (Lipinski definition) is 0. The van der Waals surface area contributed by atoms with E-state index in [0.29, 0.717) is 12.6 Å². The van der Waals surface area contributed by atoms with Gasteiger partial charge in [-0.05, 0) is 57.4 Å². The third-order valence-electron chi connectivity index (χ3n) is 4.49. The second-order valence-electron chi connectivity index (χ2n) is 6.01. The highest BCUT2D eigenvalue weighted by Gasteiger charge is 2.25. The summed E-state index contributed by atoms with van der Waals surface area (Å²) in [7, 11) is 0. The number of hydrogen-bond acceptors (Lipinski definition) is 2. The molecule has 2 rings (SSSR count). The van der Waals surface area contributed by atoms with Crippen LogP contribution in [0.25, 0.3) is 0 Å². The van der Waals surface area contributed by atoms with Crippen molar-refractivity contribution in [3.05, 3.63) is 29.8 Å². The number of amides is 1. The second kappa shape index (κ2) is 7.60. The van der Waals surface area contributed by atoms with Gasteiger partial charge in [-0.15, -0.1) is 0 Å². The summed E-state index contributed by atoms with van der Waals surface area (Å²) in [4.78, 5) is 17.0. The van der Waals surface area contributed by atoms with E-state index in [4.69, 9.17) is 0 Å². The Bertz CT molecular complexity index is 472. The first-order chi connectivity index (χ1) is 10.2. The SMILES string of the molecule is CCC1CCCCN1CC(=O)N(CC)c1cccc(C)c1. The van der Waals surface area contributed by atoms with Crippen LogP contribution in [0.15, 0.2) is 24.3 Å². The molecule has 116 valence electrons.